The molecule has 1 aliphatic rings. The van der Waals surface area contributed by atoms with Crippen LogP contribution in [0.2, 0.25) is 0 Å². The minimum absolute atomic E-state index is 0.0000372. The fourth-order valence-electron chi connectivity index (χ4n) is 3.42. The Bertz CT molecular complexity index is 422. The van der Waals surface area contributed by atoms with E-state index in [1.165, 1.54) is 12.0 Å². The van der Waals surface area contributed by atoms with Gasteiger partial charge in [0.05, 0.1) is 5.60 Å². The van der Waals surface area contributed by atoms with Crippen LogP contribution in [0.1, 0.15) is 45.2 Å². The van der Waals surface area contributed by atoms with Crippen LogP contribution in [0.3, 0.4) is 0 Å². The molecule has 0 bridgehead atoms. The first-order chi connectivity index (χ1) is 10.1. The molecule has 0 saturated carbocycles. The molecule has 1 aromatic rings. The number of likely N-dealkylation sites (N-methyl/N-ethyl adjacent to an activating group) is 1. The molecule has 0 amide bonds. The highest BCUT2D eigenvalue weighted by atomic mass is 16.5. The average Bonchev–Trinajstić information content (AvgIpc) is 2.53. The highest BCUT2D eigenvalue weighted by Gasteiger charge is 2.35. The van der Waals surface area contributed by atoms with Gasteiger partial charge in [0, 0.05) is 25.7 Å². The van der Waals surface area contributed by atoms with Crippen LogP contribution in [-0.2, 0) is 4.74 Å². The molecular formula is C18H30N2O. The number of likely N-dealkylation sites (tertiary alicyclic amines) is 1. The van der Waals surface area contributed by atoms with Crippen LogP contribution in [0.5, 0.6) is 0 Å². The molecule has 0 spiro atoms. The van der Waals surface area contributed by atoms with Gasteiger partial charge in [-0.1, -0.05) is 37.3 Å². The Morgan fingerprint density at radius 3 is 2.67 bits per heavy atom. The summed E-state index contributed by atoms with van der Waals surface area (Å²) in [6.45, 7) is 9.91. The summed E-state index contributed by atoms with van der Waals surface area (Å²) in [5.41, 5.74) is 1.37. The zero-order valence-electron chi connectivity index (χ0n) is 13.9. The van der Waals surface area contributed by atoms with Gasteiger partial charge < -0.3 is 10.1 Å². The van der Waals surface area contributed by atoms with Crippen molar-refractivity contribution in [3.8, 4) is 0 Å². The first-order valence-electron chi connectivity index (χ1n) is 8.17. The molecule has 0 aromatic heterocycles. The van der Waals surface area contributed by atoms with Crippen molar-refractivity contribution >= 4 is 0 Å². The van der Waals surface area contributed by atoms with Gasteiger partial charge in [0.1, 0.15) is 0 Å². The summed E-state index contributed by atoms with van der Waals surface area (Å²) in [6, 6.07) is 11.6. The maximum atomic E-state index is 5.74. The number of nitrogens with one attached hydrogen (secondary N) is 1. The fourth-order valence-corrected chi connectivity index (χ4v) is 3.42. The summed E-state index contributed by atoms with van der Waals surface area (Å²) in [5.74, 6) is 0. The first kappa shape index (κ1) is 16.5. The molecule has 1 aromatic carbocycles. The molecule has 0 aliphatic carbocycles. The second-order valence-corrected chi connectivity index (χ2v) is 6.41. The number of rotatable bonds is 6. The molecule has 118 valence electrons. The molecule has 2 rings (SSSR count). The molecule has 3 unspecified atom stereocenters. The van der Waals surface area contributed by atoms with Crippen molar-refractivity contribution in [3.63, 3.8) is 0 Å². The van der Waals surface area contributed by atoms with Crippen LogP contribution in [0, 0.1) is 0 Å². The van der Waals surface area contributed by atoms with Crippen LogP contribution in [0.25, 0.3) is 0 Å². The number of hydrogen-bond acceptors (Lipinski definition) is 3. The quantitative estimate of drug-likeness (QED) is 0.870. The molecular weight excluding hydrogens is 260 g/mol. The van der Waals surface area contributed by atoms with Crippen molar-refractivity contribution in [3.05, 3.63) is 35.9 Å². The largest absolute Gasteiger partial charge is 0.377 e. The fraction of sp³-hybridized carbons (Fsp3) is 0.667. The second kappa shape index (κ2) is 7.39. The second-order valence-electron chi connectivity index (χ2n) is 6.41. The number of piperidine rings is 1. The van der Waals surface area contributed by atoms with Gasteiger partial charge in [0.25, 0.3) is 0 Å². The number of methoxy groups -OCH3 is 1. The van der Waals surface area contributed by atoms with E-state index in [1.807, 2.05) is 7.11 Å². The standard InChI is InChI=1S/C18H30N2O/c1-5-19-17(16-10-7-6-8-11-16)15(2)20-13-9-12-18(3,14-20)21-4/h6-8,10-11,15,17,19H,5,9,12-14H2,1-4H3. The van der Waals surface area contributed by atoms with E-state index in [0.29, 0.717) is 12.1 Å². The number of benzene rings is 1. The predicted molar refractivity (Wildman–Crippen MR) is 88.5 cm³/mol. The van der Waals surface area contributed by atoms with Crippen molar-refractivity contribution in [2.75, 3.05) is 26.7 Å². The van der Waals surface area contributed by atoms with Gasteiger partial charge in [-0.05, 0) is 45.3 Å². The number of ether oxygens (including phenoxy) is 1. The van der Waals surface area contributed by atoms with Gasteiger partial charge in [-0.3, -0.25) is 4.90 Å². The lowest BCUT2D eigenvalue weighted by atomic mass is 9.91. The minimum Gasteiger partial charge on any atom is -0.377 e. The molecule has 0 radical (unpaired) electrons. The Morgan fingerprint density at radius 2 is 2.05 bits per heavy atom. The third kappa shape index (κ3) is 4.06. The Balaban J connectivity index is 2.13. The smallest absolute Gasteiger partial charge is 0.0777 e. The van der Waals surface area contributed by atoms with E-state index in [4.69, 9.17) is 4.74 Å². The molecule has 3 atom stereocenters. The van der Waals surface area contributed by atoms with Gasteiger partial charge in [-0.15, -0.1) is 0 Å². The van der Waals surface area contributed by atoms with Crippen molar-refractivity contribution in [1.29, 1.82) is 0 Å². The zero-order chi connectivity index (χ0) is 15.3. The zero-order valence-corrected chi connectivity index (χ0v) is 13.9. The van der Waals surface area contributed by atoms with Crippen LogP contribution < -0.4 is 5.32 Å². The molecule has 1 fully saturated rings. The van der Waals surface area contributed by atoms with Crippen molar-refractivity contribution in [2.45, 2.75) is 51.3 Å². The molecule has 1 saturated heterocycles. The maximum absolute atomic E-state index is 5.74. The Kier molecular flexibility index (Phi) is 5.80. The third-order valence-electron chi connectivity index (χ3n) is 4.82. The minimum atomic E-state index is -0.0000372. The van der Waals surface area contributed by atoms with Crippen molar-refractivity contribution in [1.82, 2.24) is 10.2 Å². The van der Waals surface area contributed by atoms with E-state index < -0.39 is 0 Å². The van der Waals surface area contributed by atoms with E-state index in [-0.39, 0.29) is 5.60 Å². The molecule has 1 heterocycles. The van der Waals surface area contributed by atoms with Crippen LogP contribution in [-0.4, -0.2) is 43.3 Å². The van der Waals surface area contributed by atoms with Gasteiger partial charge in [-0.2, -0.15) is 0 Å². The van der Waals surface area contributed by atoms with Gasteiger partial charge in [-0.25, -0.2) is 0 Å². The summed E-state index contributed by atoms with van der Waals surface area (Å²) < 4.78 is 5.74. The summed E-state index contributed by atoms with van der Waals surface area (Å²) in [7, 11) is 1.84. The molecule has 1 aliphatic heterocycles. The lowest BCUT2D eigenvalue weighted by molar-refractivity contribution is -0.0630. The van der Waals surface area contributed by atoms with Crippen molar-refractivity contribution < 1.29 is 4.74 Å². The van der Waals surface area contributed by atoms with E-state index in [0.717, 1.165) is 26.1 Å². The summed E-state index contributed by atoms with van der Waals surface area (Å²) >= 11 is 0. The average molecular weight is 290 g/mol. The van der Waals surface area contributed by atoms with Crippen LogP contribution in [0.15, 0.2) is 30.3 Å². The first-order valence-corrected chi connectivity index (χ1v) is 8.17. The van der Waals surface area contributed by atoms with Gasteiger partial charge in [0.15, 0.2) is 0 Å². The Morgan fingerprint density at radius 1 is 1.33 bits per heavy atom. The Labute approximate surface area is 129 Å². The van der Waals surface area contributed by atoms with E-state index in [9.17, 15) is 0 Å². The third-order valence-corrected chi connectivity index (χ3v) is 4.82. The number of hydrogen-bond donors (Lipinski definition) is 1. The van der Waals surface area contributed by atoms with Crippen LogP contribution >= 0.6 is 0 Å². The normalized spacial score (nSPS) is 26.5. The van der Waals surface area contributed by atoms with Crippen LogP contribution in [0.4, 0.5) is 0 Å². The summed E-state index contributed by atoms with van der Waals surface area (Å²) in [4.78, 5) is 2.58. The van der Waals surface area contributed by atoms with Gasteiger partial charge in [0.2, 0.25) is 0 Å². The Hall–Kier alpha value is -0.900. The molecule has 1 N–H and O–H groups in total. The number of nitrogens with zero attached hydrogens (tertiary/aromatic N) is 1. The lowest BCUT2D eigenvalue weighted by Gasteiger charge is -2.44. The predicted octanol–water partition coefficient (Wildman–Crippen LogP) is 3.23. The van der Waals surface area contributed by atoms with E-state index >= 15 is 0 Å². The molecule has 21 heavy (non-hydrogen) atoms. The SMILES string of the molecule is CCNC(c1ccccc1)C(C)N1CCCC(C)(OC)C1. The summed E-state index contributed by atoms with van der Waals surface area (Å²) in [6.07, 6.45) is 2.37. The van der Waals surface area contributed by atoms with E-state index in [1.54, 1.807) is 0 Å². The summed E-state index contributed by atoms with van der Waals surface area (Å²) in [5, 5.41) is 3.66. The lowest BCUT2D eigenvalue weighted by Crippen LogP contribution is -2.53. The monoisotopic (exact) mass is 290 g/mol. The maximum Gasteiger partial charge on any atom is 0.0777 e. The highest BCUT2D eigenvalue weighted by molar-refractivity contribution is 5.20. The molecule has 3 nitrogen and oxygen atoms in total. The van der Waals surface area contributed by atoms with Crippen molar-refractivity contribution in [2.24, 2.45) is 0 Å². The van der Waals surface area contributed by atoms with Gasteiger partial charge >= 0.3 is 0 Å². The molecule has 3 heteroatoms. The topological polar surface area (TPSA) is 24.5 Å². The van der Waals surface area contributed by atoms with E-state index in [2.05, 4.69) is 61.3 Å². The highest BCUT2D eigenvalue weighted by Crippen LogP contribution is 2.29.